The summed E-state index contributed by atoms with van der Waals surface area (Å²) in [6.07, 6.45) is 3.35. The number of hydrogen-bond donors (Lipinski definition) is 1. The average molecular weight is 443 g/mol. The molecule has 0 unspecified atom stereocenters. The van der Waals surface area contributed by atoms with Gasteiger partial charge in [-0.3, -0.25) is 14.2 Å². The van der Waals surface area contributed by atoms with Crippen molar-refractivity contribution in [1.29, 1.82) is 0 Å². The Balaban J connectivity index is 1.76. The van der Waals surface area contributed by atoms with Crippen LogP contribution in [0.2, 0.25) is 10.0 Å². The van der Waals surface area contributed by atoms with Crippen LogP contribution in [0.25, 0.3) is 0 Å². The standard InChI is InChI=1S/C16H14BrCl2N5O/c1-2-24-15(11(17)8-20-24)16(25)21-14-6-7-23(22-14)9-10-12(18)4-3-5-13(10)19/h3-8H,2,9H2,1H3,(H,21,22,25). The smallest absolute Gasteiger partial charge is 0.276 e. The van der Waals surface area contributed by atoms with Gasteiger partial charge in [0.2, 0.25) is 0 Å². The summed E-state index contributed by atoms with van der Waals surface area (Å²) in [5.74, 6) is 0.149. The van der Waals surface area contributed by atoms with Crippen molar-refractivity contribution in [1.82, 2.24) is 19.6 Å². The van der Waals surface area contributed by atoms with Gasteiger partial charge in [-0.2, -0.15) is 10.2 Å². The Bertz CT molecular complexity index is 901. The second-order valence-electron chi connectivity index (χ2n) is 5.21. The van der Waals surface area contributed by atoms with E-state index >= 15 is 0 Å². The van der Waals surface area contributed by atoms with Gasteiger partial charge in [0.25, 0.3) is 5.91 Å². The minimum absolute atomic E-state index is 0.285. The van der Waals surface area contributed by atoms with E-state index in [1.165, 1.54) is 0 Å². The molecule has 9 heteroatoms. The number of rotatable bonds is 5. The van der Waals surface area contributed by atoms with Crippen molar-refractivity contribution in [3.8, 4) is 0 Å². The third-order valence-corrected chi connectivity index (χ3v) is 4.86. The zero-order chi connectivity index (χ0) is 18.0. The second-order valence-corrected chi connectivity index (χ2v) is 6.88. The summed E-state index contributed by atoms with van der Waals surface area (Å²) in [4.78, 5) is 12.5. The van der Waals surface area contributed by atoms with E-state index in [-0.39, 0.29) is 5.91 Å². The molecule has 1 aromatic carbocycles. The molecule has 25 heavy (non-hydrogen) atoms. The van der Waals surface area contributed by atoms with Crippen molar-refractivity contribution < 1.29 is 4.79 Å². The predicted octanol–water partition coefficient (Wildman–Crippen LogP) is 4.47. The largest absolute Gasteiger partial charge is 0.304 e. The molecule has 130 valence electrons. The first kappa shape index (κ1) is 18.0. The third kappa shape index (κ3) is 3.89. The summed E-state index contributed by atoms with van der Waals surface area (Å²) in [7, 11) is 0. The van der Waals surface area contributed by atoms with Crippen LogP contribution in [0, 0.1) is 0 Å². The highest BCUT2D eigenvalue weighted by atomic mass is 79.9. The number of hydrogen-bond acceptors (Lipinski definition) is 3. The topological polar surface area (TPSA) is 64.7 Å². The lowest BCUT2D eigenvalue weighted by molar-refractivity contribution is 0.101. The summed E-state index contributed by atoms with van der Waals surface area (Å²) in [5.41, 5.74) is 1.23. The van der Waals surface area contributed by atoms with Gasteiger partial charge in [0, 0.05) is 34.4 Å². The molecule has 0 bridgehead atoms. The number of carbonyl (C=O) groups is 1. The Labute approximate surface area is 162 Å². The average Bonchev–Trinajstić information content (AvgIpc) is 3.17. The van der Waals surface area contributed by atoms with Gasteiger partial charge in [0.1, 0.15) is 5.69 Å². The number of benzene rings is 1. The Morgan fingerprint density at radius 2 is 2.00 bits per heavy atom. The van der Waals surface area contributed by atoms with E-state index in [4.69, 9.17) is 23.2 Å². The van der Waals surface area contributed by atoms with Gasteiger partial charge in [-0.25, -0.2) is 0 Å². The lowest BCUT2D eigenvalue weighted by atomic mass is 10.2. The molecule has 0 saturated heterocycles. The molecule has 3 rings (SSSR count). The zero-order valence-electron chi connectivity index (χ0n) is 13.2. The van der Waals surface area contributed by atoms with Gasteiger partial charge in [-0.05, 0) is 35.0 Å². The van der Waals surface area contributed by atoms with Gasteiger partial charge in [-0.15, -0.1) is 0 Å². The first-order valence-electron chi connectivity index (χ1n) is 7.48. The fourth-order valence-corrected chi connectivity index (χ4v) is 3.36. The molecule has 3 aromatic rings. The molecule has 0 atom stereocenters. The summed E-state index contributed by atoms with van der Waals surface area (Å²) in [5, 5.41) is 12.4. The molecule has 1 N–H and O–H groups in total. The Hall–Kier alpha value is -1.83. The molecule has 0 aliphatic carbocycles. The van der Waals surface area contributed by atoms with Gasteiger partial charge in [0.05, 0.1) is 17.2 Å². The highest BCUT2D eigenvalue weighted by molar-refractivity contribution is 9.10. The van der Waals surface area contributed by atoms with Gasteiger partial charge in [0.15, 0.2) is 5.82 Å². The zero-order valence-corrected chi connectivity index (χ0v) is 16.3. The van der Waals surface area contributed by atoms with Gasteiger partial charge < -0.3 is 5.32 Å². The predicted molar refractivity (Wildman–Crippen MR) is 101 cm³/mol. The summed E-state index contributed by atoms with van der Waals surface area (Å²) >= 11 is 15.7. The molecular formula is C16H14BrCl2N5O. The maximum Gasteiger partial charge on any atom is 0.276 e. The first-order chi connectivity index (χ1) is 12.0. The van der Waals surface area contributed by atoms with E-state index in [0.29, 0.717) is 39.1 Å². The van der Waals surface area contributed by atoms with Crippen LogP contribution in [-0.4, -0.2) is 25.5 Å². The van der Waals surface area contributed by atoms with E-state index in [1.807, 2.05) is 6.92 Å². The summed E-state index contributed by atoms with van der Waals surface area (Å²) < 4.78 is 3.91. The lowest BCUT2D eigenvalue weighted by Gasteiger charge is -2.07. The van der Waals surface area contributed by atoms with E-state index in [9.17, 15) is 4.79 Å². The number of carbonyl (C=O) groups excluding carboxylic acids is 1. The first-order valence-corrected chi connectivity index (χ1v) is 9.03. The molecule has 2 aromatic heterocycles. The molecule has 6 nitrogen and oxygen atoms in total. The number of nitrogens with one attached hydrogen (secondary N) is 1. The minimum atomic E-state index is -0.285. The highest BCUT2D eigenvalue weighted by Gasteiger charge is 2.17. The van der Waals surface area contributed by atoms with Crippen LogP contribution >= 0.6 is 39.1 Å². The van der Waals surface area contributed by atoms with Crippen LogP contribution in [0.4, 0.5) is 5.82 Å². The molecular weight excluding hydrogens is 429 g/mol. The van der Waals surface area contributed by atoms with Crippen LogP contribution in [0.15, 0.2) is 41.1 Å². The van der Waals surface area contributed by atoms with Gasteiger partial charge >= 0.3 is 0 Å². The van der Waals surface area contributed by atoms with Crippen LogP contribution in [0.5, 0.6) is 0 Å². The maximum absolute atomic E-state index is 12.5. The molecule has 1 amide bonds. The number of amides is 1. The van der Waals surface area contributed by atoms with Crippen molar-refractivity contribution in [2.24, 2.45) is 0 Å². The molecule has 0 radical (unpaired) electrons. The molecule has 0 aliphatic rings. The van der Waals surface area contributed by atoms with Gasteiger partial charge in [-0.1, -0.05) is 29.3 Å². The second kappa shape index (κ2) is 7.59. The minimum Gasteiger partial charge on any atom is -0.304 e. The Morgan fingerprint density at radius 3 is 2.68 bits per heavy atom. The van der Waals surface area contributed by atoms with Crippen LogP contribution in [-0.2, 0) is 13.1 Å². The molecule has 0 spiro atoms. The van der Waals surface area contributed by atoms with Crippen molar-refractivity contribution in [2.45, 2.75) is 20.0 Å². The summed E-state index contributed by atoms with van der Waals surface area (Å²) in [6.45, 7) is 2.91. The van der Waals surface area contributed by atoms with Crippen LogP contribution in [0.3, 0.4) is 0 Å². The van der Waals surface area contributed by atoms with E-state index in [2.05, 4.69) is 31.4 Å². The fourth-order valence-electron chi connectivity index (χ4n) is 2.37. The normalized spacial score (nSPS) is 10.9. The highest BCUT2D eigenvalue weighted by Crippen LogP contribution is 2.25. The van der Waals surface area contributed by atoms with E-state index in [0.717, 1.165) is 5.56 Å². The number of halogens is 3. The molecule has 2 heterocycles. The maximum atomic E-state index is 12.5. The third-order valence-electron chi connectivity index (χ3n) is 3.57. The number of aryl methyl sites for hydroxylation is 1. The number of aromatic nitrogens is 4. The Morgan fingerprint density at radius 1 is 1.28 bits per heavy atom. The molecule has 0 saturated carbocycles. The van der Waals surface area contributed by atoms with E-state index in [1.54, 1.807) is 46.0 Å². The monoisotopic (exact) mass is 441 g/mol. The van der Waals surface area contributed by atoms with Crippen molar-refractivity contribution in [3.05, 3.63) is 62.4 Å². The number of anilines is 1. The molecule has 0 fully saturated rings. The Kier molecular flexibility index (Phi) is 5.46. The molecule has 0 aliphatic heterocycles. The van der Waals surface area contributed by atoms with E-state index < -0.39 is 0 Å². The van der Waals surface area contributed by atoms with Crippen LogP contribution < -0.4 is 5.32 Å². The van der Waals surface area contributed by atoms with Crippen molar-refractivity contribution in [2.75, 3.05) is 5.32 Å². The SMILES string of the molecule is CCn1ncc(Br)c1C(=O)Nc1ccn(Cc2c(Cl)cccc2Cl)n1. The summed E-state index contributed by atoms with van der Waals surface area (Å²) in [6, 6.07) is 7.05. The van der Waals surface area contributed by atoms with Crippen molar-refractivity contribution >= 4 is 50.9 Å². The quantitative estimate of drug-likeness (QED) is 0.633. The number of nitrogens with zero attached hydrogens (tertiary/aromatic N) is 4. The lowest BCUT2D eigenvalue weighted by Crippen LogP contribution is -2.18. The van der Waals surface area contributed by atoms with Crippen LogP contribution in [0.1, 0.15) is 23.0 Å². The fraction of sp³-hybridized carbons (Fsp3) is 0.188. The van der Waals surface area contributed by atoms with Crippen molar-refractivity contribution in [3.63, 3.8) is 0 Å².